The minimum atomic E-state index is -1.31. The van der Waals surface area contributed by atoms with E-state index in [0.29, 0.717) is 32.5 Å². The lowest BCUT2D eigenvalue weighted by atomic mass is 9.73. The van der Waals surface area contributed by atoms with E-state index in [4.69, 9.17) is 4.74 Å². The largest absolute Gasteiger partial charge is 0.481 e. The summed E-state index contributed by atoms with van der Waals surface area (Å²) < 4.78 is 5.02. The molecular formula is C21H32N2O5. The van der Waals surface area contributed by atoms with Crippen LogP contribution >= 0.6 is 0 Å². The molecule has 1 aliphatic rings. The van der Waals surface area contributed by atoms with Crippen LogP contribution < -0.4 is 0 Å². The molecule has 7 heteroatoms. The highest BCUT2D eigenvalue weighted by molar-refractivity contribution is 5.81. The molecule has 1 fully saturated rings. The van der Waals surface area contributed by atoms with Crippen LogP contribution in [0, 0.1) is 5.41 Å². The third-order valence-electron chi connectivity index (χ3n) is 5.58. The minimum Gasteiger partial charge on any atom is -0.481 e. The van der Waals surface area contributed by atoms with Crippen LogP contribution in [0.5, 0.6) is 0 Å². The number of likely N-dealkylation sites (tertiary alicyclic amines) is 1. The van der Waals surface area contributed by atoms with Crippen molar-refractivity contribution in [2.24, 2.45) is 5.41 Å². The molecular weight excluding hydrogens is 360 g/mol. The standard InChI is InChI=1S/C21H32N2O5/c1-22(13-14-28-2)15-19(25)23-12-10-18(24)21(16-23,20(26)27)11-6-9-17-7-4-3-5-8-17/h3-5,7-8,18,24H,6,9-16H2,1-2H3,(H,26,27)/t18-,21+/m0/s1. The summed E-state index contributed by atoms with van der Waals surface area (Å²) in [6, 6.07) is 9.88. The van der Waals surface area contributed by atoms with Crippen LogP contribution in [0.2, 0.25) is 0 Å². The van der Waals surface area contributed by atoms with Gasteiger partial charge in [0.2, 0.25) is 5.91 Å². The molecule has 7 nitrogen and oxygen atoms in total. The molecule has 0 aliphatic carbocycles. The van der Waals surface area contributed by atoms with Crippen LogP contribution in [0.4, 0.5) is 0 Å². The summed E-state index contributed by atoms with van der Waals surface area (Å²) in [6.07, 6.45) is 1.06. The maximum absolute atomic E-state index is 12.7. The van der Waals surface area contributed by atoms with E-state index >= 15 is 0 Å². The molecule has 1 aromatic rings. The van der Waals surface area contributed by atoms with Crippen LogP contribution in [0.25, 0.3) is 0 Å². The van der Waals surface area contributed by atoms with Crippen LogP contribution in [0.3, 0.4) is 0 Å². The van der Waals surface area contributed by atoms with Gasteiger partial charge in [-0.05, 0) is 38.3 Å². The smallest absolute Gasteiger partial charge is 0.314 e. The zero-order chi connectivity index (χ0) is 20.6. The van der Waals surface area contributed by atoms with Crippen LogP contribution in [-0.4, -0.2) is 84.9 Å². The van der Waals surface area contributed by atoms with Crippen LogP contribution in [0.15, 0.2) is 30.3 Å². The van der Waals surface area contributed by atoms with Gasteiger partial charge in [0, 0.05) is 26.7 Å². The summed E-state index contributed by atoms with van der Waals surface area (Å²) in [5, 5.41) is 20.5. The zero-order valence-electron chi connectivity index (χ0n) is 16.8. The van der Waals surface area contributed by atoms with Crippen molar-refractivity contribution in [2.75, 3.05) is 46.9 Å². The molecule has 28 heavy (non-hydrogen) atoms. The molecule has 1 saturated heterocycles. The second-order valence-electron chi connectivity index (χ2n) is 7.65. The maximum Gasteiger partial charge on any atom is 0.314 e. The number of carboxylic acids is 1. The first-order valence-corrected chi connectivity index (χ1v) is 9.79. The SMILES string of the molecule is COCCN(C)CC(=O)N1CC[C@H](O)[C@](CCCc2ccccc2)(C(=O)O)C1. The average molecular weight is 392 g/mol. The monoisotopic (exact) mass is 392 g/mol. The summed E-state index contributed by atoms with van der Waals surface area (Å²) in [6.45, 7) is 1.79. The Hall–Kier alpha value is -1.96. The first kappa shape index (κ1) is 22.3. The Morgan fingerprint density at radius 2 is 2.04 bits per heavy atom. The molecule has 1 heterocycles. The molecule has 2 N–H and O–H groups in total. The fourth-order valence-electron chi connectivity index (χ4n) is 3.76. The number of aliphatic carboxylic acids is 1. The van der Waals surface area contributed by atoms with Gasteiger partial charge in [-0.25, -0.2) is 0 Å². The number of carbonyl (C=O) groups excluding carboxylic acids is 1. The lowest BCUT2D eigenvalue weighted by molar-refractivity contribution is -0.167. The fourth-order valence-corrected chi connectivity index (χ4v) is 3.76. The highest BCUT2D eigenvalue weighted by atomic mass is 16.5. The number of aryl methyl sites for hydroxylation is 1. The number of nitrogens with zero attached hydrogens (tertiary/aromatic N) is 2. The van der Waals surface area contributed by atoms with E-state index in [2.05, 4.69) is 0 Å². The van der Waals surface area contributed by atoms with Crippen LogP contribution in [-0.2, 0) is 20.7 Å². The van der Waals surface area contributed by atoms with Gasteiger partial charge in [-0.1, -0.05) is 30.3 Å². The molecule has 0 saturated carbocycles. The Balaban J connectivity index is 2.00. The number of aliphatic hydroxyl groups is 1. The first-order chi connectivity index (χ1) is 13.4. The topological polar surface area (TPSA) is 90.3 Å². The lowest BCUT2D eigenvalue weighted by Gasteiger charge is -2.43. The number of methoxy groups -OCH3 is 1. The normalized spacial score (nSPS) is 22.4. The summed E-state index contributed by atoms with van der Waals surface area (Å²) in [5.41, 5.74) is -0.172. The van der Waals surface area contributed by atoms with E-state index in [1.54, 1.807) is 12.0 Å². The zero-order valence-corrected chi connectivity index (χ0v) is 16.8. The van der Waals surface area contributed by atoms with Crippen molar-refractivity contribution in [3.63, 3.8) is 0 Å². The highest BCUT2D eigenvalue weighted by Crippen LogP contribution is 2.36. The van der Waals surface area contributed by atoms with E-state index in [9.17, 15) is 19.8 Å². The van der Waals surface area contributed by atoms with Gasteiger partial charge >= 0.3 is 5.97 Å². The van der Waals surface area contributed by atoms with Gasteiger partial charge in [0.1, 0.15) is 5.41 Å². The maximum atomic E-state index is 12.7. The quantitative estimate of drug-likeness (QED) is 0.623. The number of carbonyl (C=O) groups is 2. The summed E-state index contributed by atoms with van der Waals surface area (Å²) >= 11 is 0. The van der Waals surface area contributed by atoms with Gasteiger partial charge in [-0.15, -0.1) is 0 Å². The molecule has 0 spiro atoms. The molecule has 0 unspecified atom stereocenters. The number of hydrogen-bond acceptors (Lipinski definition) is 5. The van der Waals surface area contributed by atoms with Gasteiger partial charge in [0.15, 0.2) is 0 Å². The average Bonchev–Trinajstić information content (AvgIpc) is 2.68. The number of rotatable bonds is 10. The van der Waals surface area contributed by atoms with E-state index in [1.165, 1.54) is 0 Å². The second kappa shape index (κ2) is 10.5. The van der Waals surface area contributed by atoms with Gasteiger partial charge in [-0.3, -0.25) is 14.5 Å². The second-order valence-corrected chi connectivity index (χ2v) is 7.65. The summed E-state index contributed by atoms with van der Waals surface area (Å²) in [4.78, 5) is 28.2. The number of piperidine rings is 1. The third-order valence-corrected chi connectivity index (χ3v) is 5.58. The predicted octanol–water partition coefficient (Wildman–Crippen LogP) is 1.25. The lowest BCUT2D eigenvalue weighted by Crippen LogP contribution is -2.58. The van der Waals surface area contributed by atoms with E-state index < -0.39 is 17.5 Å². The number of benzene rings is 1. The van der Waals surface area contributed by atoms with Gasteiger partial charge in [-0.2, -0.15) is 0 Å². The summed E-state index contributed by atoms with van der Waals surface area (Å²) in [5.74, 6) is -1.14. The van der Waals surface area contributed by atoms with Crippen LogP contribution in [0.1, 0.15) is 24.8 Å². The molecule has 156 valence electrons. The van der Waals surface area contributed by atoms with Crippen molar-refractivity contribution in [1.29, 1.82) is 0 Å². The first-order valence-electron chi connectivity index (χ1n) is 9.79. The number of hydrogen-bond donors (Lipinski definition) is 2. The van der Waals surface area contributed by atoms with E-state index in [-0.39, 0.29) is 25.4 Å². The van der Waals surface area contributed by atoms with Gasteiger partial charge in [0.05, 0.1) is 19.3 Å². The molecule has 0 bridgehead atoms. The molecule has 1 aromatic carbocycles. The molecule has 0 radical (unpaired) electrons. The van der Waals surface area contributed by atoms with Gasteiger partial charge in [0.25, 0.3) is 0 Å². The predicted molar refractivity (Wildman–Crippen MR) is 106 cm³/mol. The summed E-state index contributed by atoms with van der Waals surface area (Å²) in [7, 11) is 3.44. The van der Waals surface area contributed by atoms with E-state index in [0.717, 1.165) is 12.0 Å². The molecule has 1 aliphatic heterocycles. The number of carboxylic acid groups (broad SMARTS) is 1. The Kier molecular flexibility index (Phi) is 8.41. The Labute approximate surface area is 166 Å². The minimum absolute atomic E-state index is 0.0508. The Morgan fingerprint density at radius 3 is 2.68 bits per heavy atom. The van der Waals surface area contributed by atoms with Crippen molar-refractivity contribution < 1.29 is 24.5 Å². The molecule has 0 aromatic heterocycles. The number of ether oxygens (including phenoxy) is 1. The third kappa shape index (κ3) is 5.77. The molecule has 1 amide bonds. The number of amides is 1. The fraction of sp³-hybridized carbons (Fsp3) is 0.619. The Bertz CT molecular complexity index is 639. The van der Waals surface area contributed by atoms with Crippen molar-refractivity contribution in [2.45, 2.75) is 31.8 Å². The van der Waals surface area contributed by atoms with E-state index in [1.807, 2.05) is 42.3 Å². The number of likely N-dealkylation sites (N-methyl/N-ethyl adjacent to an activating group) is 1. The molecule has 2 atom stereocenters. The highest BCUT2D eigenvalue weighted by Gasteiger charge is 2.49. The van der Waals surface area contributed by atoms with Crippen molar-refractivity contribution in [1.82, 2.24) is 9.80 Å². The van der Waals surface area contributed by atoms with Crippen molar-refractivity contribution in [3.05, 3.63) is 35.9 Å². The van der Waals surface area contributed by atoms with Crippen molar-refractivity contribution in [3.8, 4) is 0 Å². The van der Waals surface area contributed by atoms with Gasteiger partial charge < -0.3 is 19.8 Å². The Morgan fingerprint density at radius 1 is 1.32 bits per heavy atom. The number of aliphatic hydroxyl groups excluding tert-OH is 1. The molecule has 2 rings (SSSR count). The van der Waals surface area contributed by atoms with Crippen molar-refractivity contribution >= 4 is 11.9 Å².